The average molecular weight is 529 g/mol. The maximum absolute atomic E-state index is 13.7. The number of hydrogen-bond donors (Lipinski definition) is 2. The summed E-state index contributed by atoms with van der Waals surface area (Å²) in [4.78, 5) is 28.4. The fraction of sp³-hybridized carbons (Fsp3) is 0.320. The fourth-order valence-electron chi connectivity index (χ4n) is 3.69. The molecule has 37 heavy (non-hydrogen) atoms. The minimum absolute atomic E-state index is 0.0764. The molecular formula is C25H29N4O7P. The summed E-state index contributed by atoms with van der Waals surface area (Å²) in [5, 5.41) is 2.66. The van der Waals surface area contributed by atoms with Crippen molar-refractivity contribution in [2.45, 2.75) is 44.7 Å². The number of para-hydroxylation sites is 1. The lowest BCUT2D eigenvalue weighted by atomic mass is 10.2. The molecule has 196 valence electrons. The van der Waals surface area contributed by atoms with Gasteiger partial charge in [-0.05, 0) is 43.5 Å². The normalized spacial score (nSPS) is 19.6. The zero-order valence-electron chi connectivity index (χ0n) is 20.3. The smallest absolute Gasteiger partial charge is 0.459 e. The number of aromatic nitrogens is 2. The zero-order chi connectivity index (χ0) is 26.3. The van der Waals surface area contributed by atoms with Crippen LogP contribution in [0.4, 0.5) is 5.82 Å². The lowest BCUT2D eigenvalue weighted by Gasteiger charge is -2.24. The zero-order valence-corrected chi connectivity index (χ0v) is 21.2. The molecule has 1 aliphatic heterocycles. The lowest BCUT2D eigenvalue weighted by molar-refractivity contribution is -0.146. The Balaban J connectivity index is 1.38. The number of nitrogens with zero attached hydrogens (tertiary/aromatic N) is 2. The molecule has 11 nitrogen and oxygen atoms in total. The Hall–Kier alpha value is -3.50. The number of carbonyl (C=O) groups is 1. The van der Waals surface area contributed by atoms with Crippen LogP contribution >= 0.6 is 7.75 Å². The number of ether oxygens (including phenoxy) is 2. The average Bonchev–Trinajstić information content (AvgIpc) is 3.36. The van der Waals surface area contributed by atoms with Crippen LogP contribution in [0.25, 0.3) is 0 Å². The van der Waals surface area contributed by atoms with E-state index in [-0.39, 0.29) is 19.0 Å². The van der Waals surface area contributed by atoms with Crippen LogP contribution in [0.15, 0.2) is 77.7 Å². The van der Waals surface area contributed by atoms with Crippen molar-refractivity contribution in [3.63, 3.8) is 0 Å². The first-order valence-corrected chi connectivity index (χ1v) is 13.3. The van der Waals surface area contributed by atoms with Crippen LogP contribution in [0.5, 0.6) is 5.75 Å². The van der Waals surface area contributed by atoms with Gasteiger partial charge in [0.1, 0.15) is 30.4 Å². The number of nitrogens with one attached hydrogen (secondary N) is 1. The number of benzene rings is 2. The standard InChI is InChI=1S/C25H29N4O7P/c1-18(24(30)33-16-19-8-4-2-5-9-19)28-37(32,36-20-10-6-3-7-11-20)34-17-21-12-13-23(35-21)29-15-14-22(26)27-25(29)31/h2-11,14-15,18,21,23H,12-13,16-17H2,1H3,(H,28,32)(H2,26,27,31)/t18-,21-,23+,37?/m0/s1. The van der Waals surface area contributed by atoms with Crippen molar-refractivity contribution in [3.8, 4) is 5.75 Å². The third-order valence-electron chi connectivity index (χ3n) is 5.58. The largest absolute Gasteiger partial charge is 0.460 e. The molecule has 0 bridgehead atoms. The van der Waals surface area contributed by atoms with Crippen molar-refractivity contribution < 1.29 is 27.9 Å². The second kappa shape index (κ2) is 12.2. The van der Waals surface area contributed by atoms with Gasteiger partial charge < -0.3 is 19.7 Å². The topological polar surface area (TPSA) is 144 Å². The highest BCUT2D eigenvalue weighted by Gasteiger charge is 2.35. The molecule has 4 atom stereocenters. The molecule has 2 heterocycles. The molecule has 0 radical (unpaired) electrons. The van der Waals surface area contributed by atoms with Crippen molar-refractivity contribution in [3.05, 3.63) is 89.0 Å². The van der Waals surface area contributed by atoms with E-state index in [4.69, 9.17) is 24.3 Å². The molecular weight excluding hydrogens is 499 g/mol. The van der Waals surface area contributed by atoms with Gasteiger partial charge in [0.15, 0.2) is 0 Å². The molecule has 0 amide bonds. The van der Waals surface area contributed by atoms with Gasteiger partial charge in [-0.25, -0.2) is 9.36 Å². The molecule has 1 aromatic heterocycles. The molecule has 0 aliphatic carbocycles. The summed E-state index contributed by atoms with van der Waals surface area (Å²) in [5.74, 6) is -0.190. The fourth-order valence-corrected chi connectivity index (χ4v) is 5.22. The number of rotatable bonds is 11. The van der Waals surface area contributed by atoms with E-state index in [1.807, 2.05) is 30.3 Å². The highest BCUT2D eigenvalue weighted by atomic mass is 31.2. The Morgan fingerprint density at radius 2 is 1.86 bits per heavy atom. The summed E-state index contributed by atoms with van der Waals surface area (Å²) < 4.78 is 37.6. The molecule has 1 unspecified atom stereocenters. The summed E-state index contributed by atoms with van der Waals surface area (Å²) in [6, 6.07) is 18.2. The first-order valence-electron chi connectivity index (χ1n) is 11.8. The minimum atomic E-state index is -4.04. The third-order valence-corrected chi connectivity index (χ3v) is 7.22. The van der Waals surface area contributed by atoms with E-state index in [2.05, 4.69) is 10.1 Å². The first kappa shape index (κ1) is 26.6. The van der Waals surface area contributed by atoms with Gasteiger partial charge in [0.25, 0.3) is 0 Å². The summed E-state index contributed by atoms with van der Waals surface area (Å²) >= 11 is 0. The van der Waals surface area contributed by atoms with E-state index in [1.54, 1.807) is 30.3 Å². The van der Waals surface area contributed by atoms with E-state index in [9.17, 15) is 14.2 Å². The quantitative estimate of drug-likeness (QED) is 0.281. The van der Waals surface area contributed by atoms with Crippen LogP contribution in [0.3, 0.4) is 0 Å². The van der Waals surface area contributed by atoms with Gasteiger partial charge in [-0.2, -0.15) is 10.1 Å². The van der Waals surface area contributed by atoms with E-state index < -0.39 is 37.8 Å². The van der Waals surface area contributed by atoms with Crippen LogP contribution in [0, 0.1) is 0 Å². The van der Waals surface area contributed by atoms with Gasteiger partial charge in [-0.3, -0.25) is 13.9 Å². The predicted octanol–water partition coefficient (Wildman–Crippen LogP) is 3.43. The molecule has 0 spiro atoms. The van der Waals surface area contributed by atoms with Crippen LogP contribution in [0.1, 0.15) is 31.6 Å². The first-order chi connectivity index (χ1) is 17.8. The maximum Gasteiger partial charge on any atom is 0.459 e. The number of hydrogen-bond acceptors (Lipinski definition) is 9. The van der Waals surface area contributed by atoms with Crippen molar-refractivity contribution in [1.82, 2.24) is 14.6 Å². The number of anilines is 1. The summed E-state index contributed by atoms with van der Waals surface area (Å²) in [5.41, 5.74) is 5.86. The highest BCUT2D eigenvalue weighted by Crippen LogP contribution is 2.45. The molecule has 1 fully saturated rings. The van der Waals surface area contributed by atoms with Crippen molar-refractivity contribution in [1.29, 1.82) is 0 Å². The Morgan fingerprint density at radius 1 is 1.16 bits per heavy atom. The lowest BCUT2D eigenvalue weighted by Crippen LogP contribution is -2.35. The molecule has 2 aromatic carbocycles. The van der Waals surface area contributed by atoms with Crippen LogP contribution in [-0.4, -0.2) is 34.3 Å². The van der Waals surface area contributed by atoms with Crippen LogP contribution < -0.4 is 21.0 Å². The number of nitrogens with two attached hydrogens (primary N) is 1. The number of nitrogen functional groups attached to an aromatic ring is 1. The Morgan fingerprint density at radius 3 is 2.57 bits per heavy atom. The van der Waals surface area contributed by atoms with Crippen LogP contribution in [-0.2, 0) is 30.0 Å². The second-order valence-electron chi connectivity index (χ2n) is 8.47. The summed E-state index contributed by atoms with van der Waals surface area (Å²) in [6.45, 7) is 1.49. The molecule has 4 rings (SSSR count). The van der Waals surface area contributed by atoms with E-state index >= 15 is 0 Å². The Labute approximate surface area is 214 Å². The van der Waals surface area contributed by atoms with Gasteiger partial charge in [-0.1, -0.05) is 48.5 Å². The second-order valence-corrected chi connectivity index (χ2v) is 10.2. The van der Waals surface area contributed by atoms with E-state index in [0.29, 0.717) is 18.6 Å². The highest BCUT2D eigenvalue weighted by molar-refractivity contribution is 7.52. The number of carbonyl (C=O) groups excluding carboxylic acids is 1. The van der Waals surface area contributed by atoms with Crippen molar-refractivity contribution in [2.24, 2.45) is 0 Å². The Bertz CT molecular complexity index is 1290. The van der Waals surface area contributed by atoms with Crippen molar-refractivity contribution in [2.75, 3.05) is 12.3 Å². The molecule has 1 aliphatic rings. The maximum atomic E-state index is 13.7. The van der Waals surface area contributed by atoms with Crippen molar-refractivity contribution >= 4 is 19.5 Å². The number of esters is 1. The van der Waals surface area contributed by atoms with E-state index in [1.165, 1.54) is 23.8 Å². The van der Waals surface area contributed by atoms with Crippen LogP contribution in [0.2, 0.25) is 0 Å². The molecule has 0 saturated carbocycles. The Kier molecular flexibility index (Phi) is 8.73. The minimum Gasteiger partial charge on any atom is -0.460 e. The molecule has 12 heteroatoms. The summed E-state index contributed by atoms with van der Waals surface area (Å²) in [7, 11) is -4.04. The molecule has 3 aromatic rings. The van der Waals surface area contributed by atoms with Gasteiger partial charge >= 0.3 is 19.4 Å². The van der Waals surface area contributed by atoms with E-state index in [0.717, 1.165) is 5.56 Å². The van der Waals surface area contributed by atoms with Gasteiger partial charge in [0, 0.05) is 6.20 Å². The van der Waals surface area contributed by atoms with Gasteiger partial charge in [0.2, 0.25) is 0 Å². The predicted molar refractivity (Wildman–Crippen MR) is 136 cm³/mol. The SMILES string of the molecule is C[C@H](NP(=O)(OC[C@@H]1CC[C@H](n2ccc(N)nc2=O)O1)Oc1ccccc1)C(=O)OCc1ccccc1. The molecule has 3 N–H and O–H groups in total. The third kappa shape index (κ3) is 7.50. The summed E-state index contributed by atoms with van der Waals surface area (Å²) in [6.07, 6.45) is 1.57. The van der Waals surface area contributed by atoms with Gasteiger partial charge in [0.05, 0.1) is 12.7 Å². The molecule has 1 saturated heterocycles. The van der Waals surface area contributed by atoms with Gasteiger partial charge in [-0.15, -0.1) is 0 Å². The monoisotopic (exact) mass is 528 g/mol.